The van der Waals surface area contributed by atoms with Gasteiger partial charge in [-0.05, 0) is 31.1 Å². The molecule has 0 aromatic heterocycles. The minimum absolute atomic E-state index is 0.137. The van der Waals surface area contributed by atoms with E-state index in [2.05, 4.69) is 46.9 Å². The normalized spacial score (nSPS) is 14.0. The van der Waals surface area contributed by atoms with Crippen LogP contribution in [0.4, 0.5) is 0 Å². The molecule has 21 heavy (non-hydrogen) atoms. The highest BCUT2D eigenvalue weighted by Crippen LogP contribution is 2.18. The molecule has 0 saturated carbocycles. The number of hydrogen-bond donors (Lipinski definition) is 1. The fourth-order valence-electron chi connectivity index (χ4n) is 1.95. The molecular formula is C17H35NO2S. The molecule has 1 N–H and O–H groups in total. The second-order valence-electron chi connectivity index (χ2n) is 8.32. The third kappa shape index (κ3) is 16.0. The van der Waals surface area contributed by atoms with Gasteiger partial charge in [-0.3, -0.25) is 4.79 Å². The molecule has 3 nitrogen and oxygen atoms in total. The lowest BCUT2D eigenvalue weighted by molar-refractivity contribution is -0.121. The lowest BCUT2D eigenvalue weighted by atomic mass is 9.92. The standard InChI is InChI=1S/C17H35NO2S/c1-16(2,3)11-12-18-15(19)10-8-7-9-13-21(20)14-17(4,5)6/h7-14H2,1-6H3,(H,18,19). The molecule has 0 radical (unpaired) electrons. The fourth-order valence-corrected chi connectivity index (χ4v) is 3.58. The quantitative estimate of drug-likeness (QED) is 0.518. The summed E-state index contributed by atoms with van der Waals surface area (Å²) >= 11 is -0.719. The van der Waals surface area contributed by atoms with Gasteiger partial charge in [0.25, 0.3) is 0 Å². The zero-order chi connectivity index (χ0) is 16.5. The van der Waals surface area contributed by atoms with Crippen LogP contribution in [0.2, 0.25) is 0 Å². The molecular weight excluding hydrogens is 282 g/mol. The molecule has 0 aromatic rings. The summed E-state index contributed by atoms with van der Waals surface area (Å²) in [6.45, 7) is 13.6. The van der Waals surface area contributed by atoms with Gasteiger partial charge in [0, 0.05) is 18.4 Å². The largest absolute Gasteiger partial charge is 0.616 e. The van der Waals surface area contributed by atoms with Crippen LogP contribution < -0.4 is 5.32 Å². The van der Waals surface area contributed by atoms with Crippen LogP contribution >= 0.6 is 0 Å². The van der Waals surface area contributed by atoms with Crippen LogP contribution in [0.25, 0.3) is 0 Å². The Bertz CT molecular complexity index is 292. The molecule has 0 aliphatic rings. The molecule has 0 bridgehead atoms. The van der Waals surface area contributed by atoms with Gasteiger partial charge in [-0.15, -0.1) is 0 Å². The van der Waals surface area contributed by atoms with Gasteiger partial charge in [-0.1, -0.05) is 52.7 Å². The number of unbranched alkanes of at least 4 members (excludes halogenated alkanes) is 2. The predicted molar refractivity (Wildman–Crippen MR) is 92.9 cm³/mol. The van der Waals surface area contributed by atoms with Crippen LogP contribution in [0.5, 0.6) is 0 Å². The first-order valence-corrected chi connectivity index (χ1v) is 9.60. The number of nitrogens with one attached hydrogen (secondary N) is 1. The van der Waals surface area contributed by atoms with Gasteiger partial charge < -0.3 is 9.87 Å². The number of hydrogen-bond acceptors (Lipinski definition) is 2. The molecule has 126 valence electrons. The van der Waals surface area contributed by atoms with Crippen LogP contribution in [-0.2, 0) is 16.0 Å². The van der Waals surface area contributed by atoms with Crippen molar-refractivity contribution in [2.45, 2.75) is 73.6 Å². The number of amides is 1. The average Bonchev–Trinajstić information content (AvgIpc) is 2.24. The Morgan fingerprint density at radius 3 is 2.14 bits per heavy atom. The van der Waals surface area contributed by atoms with E-state index in [9.17, 15) is 9.35 Å². The monoisotopic (exact) mass is 317 g/mol. The molecule has 4 heteroatoms. The van der Waals surface area contributed by atoms with Crippen molar-refractivity contribution in [2.24, 2.45) is 10.8 Å². The summed E-state index contributed by atoms with van der Waals surface area (Å²) in [5, 5.41) is 2.97. The van der Waals surface area contributed by atoms with E-state index in [-0.39, 0.29) is 16.7 Å². The highest BCUT2D eigenvalue weighted by Gasteiger charge is 2.18. The van der Waals surface area contributed by atoms with Crippen molar-refractivity contribution in [2.75, 3.05) is 18.1 Å². The van der Waals surface area contributed by atoms with Crippen LogP contribution in [0.1, 0.15) is 73.6 Å². The smallest absolute Gasteiger partial charge is 0.219 e. The van der Waals surface area contributed by atoms with Crippen molar-refractivity contribution in [1.82, 2.24) is 5.32 Å². The molecule has 0 heterocycles. The minimum Gasteiger partial charge on any atom is -0.616 e. The van der Waals surface area contributed by atoms with E-state index >= 15 is 0 Å². The SMILES string of the molecule is CC(C)(C)CCNC(=O)CCCCC[S+]([O-])CC(C)(C)C. The van der Waals surface area contributed by atoms with Gasteiger partial charge in [-0.2, -0.15) is 0 Å². The van der Waals surface area contributed by atoms with Gasteiger partial charge >= 0.3 is 0 Å². The predicted octanol–water partition coefficient (Wildman–Crippen LogP) is 3.89. The third-order valence-corrected chi connectivity index (χ3v) is 5.00. The van der Waals surface area contributed by atoms with Gasteiger partial charge in [0.2, 0.25) is 5.91 Å². The van der Waals surface area contributed by atoms with E-state index in [0.717, 1.165) is 43.7 Å². The zero-order valence-corrected chi connectivity index (χ0v) is 15.7. The molecule has 0 fully saturated rings. The Morgan fingerprint density at radius 1 is 1.00 bits per heavy atom. The number of carbonyl (C=O) groups excluding carboxylic acids is 1. The molecule has 1 unspecified atom stereocenters. The third-order valence-electron chi connectivity index (χ3n) is 3.07. The molecule has 0 aliphatic carbocycles. The number of rotatable bonds is 9. The van der Waals surface area contributed by atoms with Crippen LogP contribution in [0, 0.1) is 10.8 Å². The van der Waals surface area contributed by atoms with Crippen LogP contribution in [0.3, 0.4) is 0 Å². The highest BCUT2D eigenvalue weighted by atomic mass is 32.2. The first kappa shape index (κ1) is 20.8. The molecule has 0 spiro atoms. The summed E-state index contributed by atoms with van der Waals surface area (Å²) in [6.07, 6.45) is 4.44. The van der Waals surface area contributed by atoms with E-state index in [0.29, 0.717) is 6.42 Å². The molecule has 0 aromatic carbocycles. The summed E-state index contributed by atoms with van der Waals surface area (Å²) < 4.78 is 11.8. The maximum Gasteiger partial charge on any atom is 0.219 e. The topological polar surface area (TPSA) is 52.2 Å². The summed E-state index contributed by atoms with van der Waals surface area (Å²) in [4.78, 5) is 11.6. The first-order chi connectivity index (χ1) is 9.49. The fraction of sp³-hybridized carbons (Fsp3) is 0.941. The van der Waals surface area contributed by atoms with E-state index in [1.807, 2.05) is 0 Å². The molecule has 1 atom stereocenters. The van der Waals surface area contributed by atoms with Gasteiger partial charge in [0.1, 0.15) is 11.5 Å². The van der Waals surface area contributed by atoms with E-state index in [4.69, 9.17) is 0 Å². The van der Waals surface area contributed by atoms with Crippen molar-refractivity contribution in [3.8, 4) is 0 Å². The Morgan fingerprint density at radius 2 is 1.62 bits per heavy atom. The van der Waals surface area contributed by atoms with E-state index in [1.54, 1.807) is 0 Å². The maximum absolute atomic E-state index is 11.8. The Hall–Kier alpha value is -0.220. The van der Waals surface area contributed by atoms with Gasteiger partial charge in [0.05, 0.1) is 0 Å². The van der Waals surface area contributed by atoms with Crippen molar-refractivity contribution in [3.63, 3.8) is 0 Å². The minimum atomic E-state index is -0.719. The summed E-state index contributed by atoms with van der Waals surface area (Å²) in [7, 11) is 0. The lowest BCUT2D eigenvalue weighted by Crippen LogP contribution is -2.27. The Kier molecular flexibility index (Phi) is 9.63. The summed E-state index contributed by atoms with van der Waals surface area (Å²) in [5.41, 5.74) is 0.405. The summed E-state index contributed by atoms with van der Waals surface area (Å²) in [6, 6.07) is 0. The van der Waals surface area contributed by atoms with Gasteiger partial charge in [-0.25, -0.2) is 0 Å². The van der Waals surface area contributed by atoms with Crippen molar-refractivity contribution >= 4 is 17.1 Å². The van der Waals surface area contributed by atoms with E-state index < -0.39 is 11.2 Å². The van der Waals surface area contributed by atoms with Crippen molar-refractivity contribution < 1.29 is 9.35 Å². The molecule has 0 rings (SSSR count). The second-order valence-corrected chi connectivity index (χ2v) is 9.90. The van der Waals surface area contributed by atoms with Gasteiger partial charge in [0.15, 0.2) is 0 Å². The highest BCUT2D eigenvalue weighted by molar-refractivity contribution is 7.91. The second kappa shape index (κ2) is 9.73. The Labute approximate surface area is 134 Å². The van der Waals surface area contributed by atoms with Crippen molar-refractivity contribution in [3.05, 3.63) is 0 Å². The molecule has 0 saturated heterocycles. The van der Waals surface area contributed by atoms with Crippen LogP contribution in [0.15, 0.2) is 0 Å². The molecule has 1 amide bonds. The number of carbonyl (C=O) groups is 1. The Balaban J connectivity index is 3.52. The van der Waals surface area contributed by atoms with E-state index in [1.165, 1.54) is 0 Å². The molecule has 0 aliphatic heterocycles. The average molecular weight is 318 g/mol. The maximum atomic E-state index is 11.8. The van der Waals surface area contributed by atoms with Crippen molar-refractivity contribution in [1.29, 1.82) is 0 Å². The summed E-state index contributed by atoms with van der Waals surface area (Å²) in [5.74, 6) is 1.68. The first-order valence-electron chi connectivity index (χ1n) is 8.11. The lowest BCUT2D eigenvalue weighted by Gasteiger charge is -2.20. The van der Waals surface area contributed by atoms with Crippen LogP contribution in [-0.4, -0.2) is 28.5 Å². The zero-order valence-electron chi connectivity index (χ0n) is 14.9.